The highest BCUT2D eigenvalue weighted by atomic mass is 32.1. The Hall–Kier alpha value is -2.88. The summed E-state index contributed by atoms with van der Waals surface area (Å²) in [5.41, 5.74) is -4.12. The molecule has 0 spiro atoms. The second-order valence-electron chi connectivity index (χ2n) is 11.2. The van der Waals surface area contributed by atoms with Gasteiger partial charge in [0.05, 0.1) is 29.7 Å². The Kier molecular flexibility index (Phi) is 8.64. The van der Waals surface area contributed by atoms with Crippen LogP contribution in [-0.4, -0.2) is 98.0 Å². The van der Waals surface area contributed by atoms with Gasteiger partial charge in [-0.2, -0.15) is 13.2 Å². The average molecular weight is 622 g/mol. The van der Waals surface area contributed by atoms with E-state index in [1.54, 1.807) is 13.8 Å². The molecule has 0 aliphatic carbocycles. The van der Waals surface area contributed by atoms with Crippen LogP contribution in [0.15, 0.2) is 18.2 Å². The summed E-state index contributed by atoms with van der Waals surface area (Å²) < 4.78 is 75.0. The van der Waals surface area contributed by atoms with Gasteiger partial charge in [0.15, 0.2) is 10.6 Å². The first-order chi connectivity index (χ1) is 19.3. The Balaban J connectivity index is 1.86. The number of hydrogen-bond donors (Lipinski definition) is 3. The van der Waals surface area contributed by atoms with E-state index in [0.29, 0.717) is 18.3 Å². The first-order valence-corrected chi connectivity index (χ1v) is 14.1. The Morgan fingerprint density at radius 2 is 1.76 bits per heavy atom. The van der Waals surface area contributed by atoms with Gasteiger partial charge >= 0.3 is 6.18 Å². The minimum Gasteiger partial charge on any atom is -0.490 e. The van der Waals surface area contributed by atoms with Crippen LogP contribution >= 0.6 is 11.3 Å². The number of halogens is 5. The summed E-state index contributed by atoms with van der Waals surface area (Å²) in [5.74, 6) is -4.96. The largest absolute Gasteiger partial charge is 0.490 e. The van der Waals surface area contributed by atoms with Gasteiger partial charge in [-0.1, -0.05) is 6.07 Å². The van der Waals surface area contributed by atoms with Crippen LogP contribution in [0, 0.1) is 0 Å². The number of aliphatic hydroxyl groups excluding tert-OH is 2. The van der Waals surface area contributed by atoms with Crippen LogP contribution in [0.25, 0.3) is 10.4 Å². The Bertz CT molecular complexity index is 1340. The van der Waals surface area contributed by atoms with E-state index in [9.17, 15) is 46.9 Å². The predicted molar refractivity (Wildman–Crippen MR) is 142 cm³/mol. The van der Waals surface area contributed by atoms with Crippen molar-refractivity contribution in [2.45, 2.75) is 82.6 Å². The molecule has 2 fully saturated rings. The number of ether oxygens (including phenoxy) is 1. The van der Waals surface area contributed by atoms with Gasteiger partial charge in [-0.3, -0.25) is 9.59 Å². The molecule has 2 aliphatic rings. The second-order valence-corrected chi connectivity index (χ2v) is 12.2. The van der Waals surface area contributed by atoms with E-state index in [-0.39, 0.29) is 46.4 Å². The fourth-order valence-electron chi connectivity index (χ4n) is 5.03. The number of benzene rings is 1. The molecule has 232 valence electrons. The van der Waals surface area contributed by atoms with Crippen molar-refractivity contribution in [2.75, 3.05) is 19.6 Å². The number of carbonyl (C=O) groups excluding carboxylic acids is 2. The van der Waals surface area contributed by atoms with Gasteiger partial charge in [-0.25, -0.2) is 13.8 Å². The Morgan fingerprint density at radius 3 is 2.29 bits per heavy atom. The standard InChI is InChI=1S/C27H32F5N3O6S/c1-13(2)41-19-7-15(25(4,40)27(30,31)32)5-6-18(19)21-20(23(38)35-12-26(28,29)9-14(35)3)33-22(42-21)24(39)34-10-16(36)8-17(37)11-34/h5-7,13-14,16-17,36-37,40H,8-12H2,1-4H3/t14-,16-,17+,25?/m0/s1. The molecule has 1 unspecified atom stereocenters. The third kappa shape index (κ3) is 6.38. The Labute approximate surface area is 242 Å². The molecule has 3 heterocycles. The molecular weight excluding hydrogens is 589 g/mol. The molecule has 15 heteroatoms. The SMILES string of the molecule is CC(C)Oc1cc(C(C)(O)C(F)(F)F)ccc1-c1sc(C(=O)N2C[C@H](O)C[C@H](O)C2)nc1C(=O)N1CC(F)(F)C[C@@H]1C. The second kappa shape index (κ2) is 11.3. The van der Waals surface area contributed by atoms with Gasteiger partial charge in [0.2, 0.25) is 0 Å². The summed E-state index contributed by atoms with van der Waals surface area (Å²) >= 11 is 0.700. The molecule has 9 nitrogen and oxygen atoms in total. The van der Waals surface area contributed by atoms with Gasteiger partial charge in [0.1, 0.15) is 11.4 Å². The van der Waals surface area contributed by atoms with Crippen molar-refractivity contribution in [3.05, 3.63) is 34.5 Å². The summed E-state index contributed by atoms with van der Waals surface area (Å²) in [5, 5.41) is 30.1. The zero-order valence-electron chi connectivity index (χ0n) is 23.3. The predicted octanol–water partition coefficient (Wildman–Crippen LogP) is 3.80. The van der Waals surface area contributed by atoms with Crippen LogP contribution in [0.4, 0.5) is 22.0 Å². The zero-order chi connectivity index (χ0) is 31.4. The number of carbonyl (C=O) groups is 2. The molecule has 2 saturated heterocycles. The number of piperidine rings is 1. The highest BCUT2D eigenvalue weighted by Gasteiger charge is 2.51. The molecule has 2 aromatic rings. The highest BCUT2D eigenvalue weighted by molar-refractivity contribution is 7.17. The number of nitrogens with zero attached hydrogens (tertiary/aromatic N) is 3. The molecule has 0 bridgehead atoms. The van der Waals surface area contributed by atoms with E-state index in [0.717, 1.165) is 21.9 Å². The van der Waals surface area contributed by atoms with Crippen molar-refractivity contribution in [3.63, 3.8) is 0 Å². The lowest BCUT2D eigenvalue weighted by atomic mass is 9.93. The van der Waals surface area contributed by atoms with Crippen molar-refractivity contribution in [1.29, 1.82) is 0 Å². The maximum atomic E-state index is 14.2. The number of β-amino-alcohol motifs (C(OH)–C–C–N with tert-alkyl or cyclic N) is 2. The zero-order valence-corrected chi connectivity index (χ0v) is 24.1. The molecule has 2 amide bonds. The highest BCUT2D eigenvalue weighted by Crippen LogP contribution is 2.44. The smallest absolute Gasteiger partial charge is 0.421 e. The molecule has 1 aromatic heterocycles. The average Bonchev–Trinajstić information content (AvgIpc) is 3.41. The lowest BCUT2D eigenvalue weighted by Gasteiger charge is -2.32. The van der Waals surface area contributed by atoms with Gasteiger partial charge in [-0.15, -0.1) is 11.3 Å². The van der Waals surface area contributed by atoms with E-state index in [1.165, 1.54) is 13.0 Å². The number of hydrogen-bond acceptors (Lipinski definition) is 8. The first-order valence-electron chi connectivity index (χ1n) is 13.3. The molecule has 4 atom stereocenters. The lowest BCUT2D eigenvalue weighted by molar-refractivity contribution is -0.258. The normalized spacial score (nSPS) is 24.2. The number of thiazole rings is 1. The van der Waals surface area contributed by atoms with Crippen LogP contribution in [0.5, 0.6) is 5.75 Å². The molecule has 0 saturated carbocycles. The monoisotopic (exact) mass is 621 g/mol. The van der Waals surface area contributed by atoms with E-state index >= 15 is 0 Å². The quantitative estimate of drug-likeness (QED) is 0.420. The molecule has 1 aromatic carbocycles. The molecule has 2 aliphatic heterocycles. The van der Waals surface area contributed by atoms with Crippen molar-refractivity contribution in [1.82, 2.24) is 14.8 Å². The first kappa shape index (κ1) is 32.0. The number of aliphatic hydroxyl groups is 3. The van der Waals surface area contributed by atoms with Crippen LogP contribution < -0.4 is 4.74 Å². The van der Waals surface area contributed by atoms with Crippen LogP contribution in [0.3, 0.4) is 0 Å². The van der Waals surface area contributed by atoms with Gasteiger partial charge < -0.3 is 29.9 Å². The molecular formula is C27H32F5N3O6S. The van der Waals surface area contributed by atoms with Gasteiger partial charge in [-0.05, 0) is 45.4 Å². The number of alkyl halides is 5. The summed E-state index contributed by atoms with van der Waals surface area (Å²) in [6.45, 7) is 4.10. The van der Waals surface area contributed by atoms with E-state index in [4.69, 9.17) is 4.74 Å². The summed E-state index contributed by atoms with van der Waals surface area (Å²) in [4.78, 5) is 33.3. The Morgan fingerprint density at radius 1 is 1.14 bits per heavy atom. The number of amides is 2. The maximum Gasteiger partial charge on any atom is 0.421 e. The van der Waals surface area contributed by atoms with E-state index in [1.807, 2.05) is 0 Å². The van der Waals surface area contributed by atoms with Crippen molar-refractivity contribution in [3.8, 4) is 16.2 Å². The van der Waals surface area contributed by atoms with Gasteiger partial charge in [0, 0.05) is 37.5 Å². The number of likely N-dealkylation sites (tertiary alicyclic amines) is 2. The van der Waals surface area contributed by atoms with Crippen LogP contribution in [0.2, 0.25) is 0 Å². The fourth-order valence-corrected chi connectivity index (χ4v) is 6.09. The van der Waals surface area contributed by atoms with Crippen molar-refractivity contribution < 1.29 is 51.6 Å². The van der Waals surface area contributed by atoms with E-state index < -0.39 is 72.4 Å². The fraction of sp³-hybridized carbons (Fsp3) is 0.593. The molecule has 42 heavy (non-hydrogen) atoms. The molecule has 4 rings (SSSR count). The van der Waals surface area contributed by atoms with E-state index in [2.05, 4.69) is 4.98 Å². The van der Waals surface area contributed by atoms with Crippen LogP contribution in [-0.2, 0) is 5.60 Å². The van der Waals surface area contributed by atoms with Gasteiger partial charge in [0.25, 0.3) is 17.7 Å². The van der Waals surface area contributed by atoms with Crippen LogP contribution in [0.1, 0.15) is 66.4 Å². The third-order valence-corrected chi connectivity index (χ3v) is 8.27. The minimum absolute atomic E-state index is 0.0160. The number of aromatic nitrogens is 1. The summed E-state index contributed by atoms with van der Waals surface area (Å²) in [6, 6.07) is 2.28. The maximum absolute atomic E-state index is 14.2. The molecule has 0 radical (unpaired) electrons. The summed E-state index contributed by atoms with van der Waals surface area (Å²) in [6.07, 6.45) is -8.15. The number of rotatable bonds is 6. The topological polar surface area (TPSA) is 123 Å². The minimum atomic E-state index is -5.03. The van der Waals surface area contributed by atoms with Crippen molar-refractivity contribution >= 4 is 23.2 Å². The van der Waals surface area contributed by atoms with Crippen molar-refractivity contribution in [2.24, 2.45) is 0 Å². The third-order valence-electron chi connectivity index (χ3n) is 7.20. The molecule has 3 N–H and O–H groups in total. The lowest BCUT2D eigenvalue weighted by Crippen LogP contribution is -2.48. The summed E-state index contributed by atoms with van der Waals surface area (Å²) in [7, 11) is 0.